The van der Waals surface area contributed by atoms with Crippen LogP contribution in [0.2, 0.25) is 0 Å². The van der Waals surface area contributed by atoms with Gasteiger partial charge in [-0.3, -0.25) is 0 Å². The molecule has 0 saturated carbocycles. The average molecular weight is 261 g/mol. The summed E-state index contributed by atoms with van der Waals surface area (Å²) in [6, 6.07) is 0. The largest absolute Gasteiger partial charge is 0.444 e. The third-order valence-electron chi connectivity index (χ3n) is 3.45. The van der Waals surface area contributed by atoms with Crippen molar-refractivity contribution in [3.05, 3.63) is 29.5 Å². The molecule has 0 atom stereocenters. The summed E-state index contributed by atoms with van der Waals surface area (Å²) in [4.78, 5) is 4.22. The Morgan fingerprint density at radius 1 is 1.32 bits per heavy atom. The molecule has 0 fully saturated rings. The number of oxazole rings is 1. The first-order valence-corrected chi connectivity index (χ1v) is 6.92. The van der Waals surface area contributed by atoms with Crippen molar-refractivity contribution in [2.24, 2.45) is 0 Å². The van der Waals surface area contributed by atoms with Gasteiger partial charge >= 0.3 is 0 Å². The van der Waals surface area contributed by atoms with Gasteiger partial charge in [0, 0.05) is 19.4 Å². The van der Waals surface area contributed by atoms with Gasteiger partial charge in [-0.1, -0.05) is 6.92 Å². The van der Waals surface area contributed by atoms with Gasteiger partial charge in [0.15, 0.2) is 0 Å². The topological polar surface area (TPSA) is 68.8 Å². The number of hydrogen-bond donors (Lipinski definition) is 1. The van der Waals surface area contributed by atoms with Crippen molar-refractivity contribution in [1.29, 1.82) is 0 Å². The Morgan fingerprint density at radius 2 is 2.26 bits per heavy atom. The van der Waals surface area contributed by atoms with Crippen molar-refractivity contribution in [3.63, 3.8) is 0 Å². The molecule has 2 aromatic rings. The van der Waals surface area contributed by atoms with Crippen LogP contribution in [0.5, 0.6) is 0 Å². The average Bonchev–Trinajstić information content (AvgIpc) is 3.06. The first-order valence-electron chi connectivity index (χ1n) is 6.92. The molecule has 1 N–H and O–H groups in total. The predicted molar refractivity (Wildman–Crippen MR) is 69.4 cm³/mol. The zero-order chi connectivity index (χ0) is 13.1. The Bertz CT molecular complexity index is 545. The second-order valence-corrected chi connectivity index (χ2v) is 4.82. The molecule has 1 aliphatic rings. The standard InChI is InChI=1S/C13H19N5O/c1-2-10-7-15-13(19-10)9-14-8-12-17-16-11-5-3-4-6-18(11)12/h7,14H,2-6,8-9H2,1H3. The van der Waals surface area contributed by atoms with Gasteiger partial charge in [-0.25, -0.2) is 4.98 Å². The smallest absolute Gasteiger partial charge is 0.208 e. The van der Waals surface area contributed by atoms with Crippen molar-refractivity contribution < 1.29 is 4.42 Å². The lowest BCUT2D eigenvalue weighted by atomic mass is 10.2. The second-order valence-electron chi connectivity index (χ2n) is 4.82. The minimum absolute atomic E-state index is 0.627. The molecular weight excluding hydrogens is 242 g/mol. The first kappa shape index (κ1) is 12.3. The Kier molecular flexibility index (Phi) is 3.59. The Balaban J connectivity index is 1.56. The van der Waals surface area contributed by atoms with Gasteiger partial charge in [-0.2, -0.15) is 0 Å². The van der Waals surface area contributed by atoms with Crippen molar-refractivity contribution >= 4 is 0 Å². The molecule has 0 bridgehead atoms. The summed E-state index contributed by atoms with van der Waals surface area (Å²) in [7, 11) is 0. The number of fused-ring (bicyclic) bond motifs is 1. The number of aromatic nitrogens is 4. The fourth-order valence-corrected chi connectivity index (χ4v) is 2.37. The lowest BCUT2D eigenvalue weighted by molar-refractivity contribution is 0.432. The minimum atomic E-state index is 0.627. The van der Waals surface area contributed by atoms with Crippen LogP contribution in [0, 0.1) is 0 Å². The highest BCUT2D eigenvalue weighted by Crippen LogP contribution is 2.14. The van der Waals surface area contributed by atoms with Crippen LogP contribution < -0.4 is 5.32 Å². The lowest BCUT2D eigenvalue weighted by Gasteiger charge is -2.14. The Morgan fingerprint density at radius 3 is 3.11 bits per heavy atom. The van der Waals surface area contributed by atoms with Crippen LogP contribution in [0.4, 0.5) is 0 Å². The molecule has 102 valence electrons. The van der Waals surface area contributed by atoms with Gasteiger partial charge in [0.2, 0.25) is 5.89 Å². The summed E-state index contributed by atoms with van der Waals surface area (Å²) in [5.41, 5.74) is 0. The van der Waals surface area contributed by atoms with Crippen LogP contribution in [0.25, 0.3) is 0 Å². The van der Waals surface area contributed by atoms with Crippen molar-refractivity contribution in [2.75, 3.05) is 0 Å². The maximum absolute atomic E-state index is 5.55. The van der Waals surface area contributed by atoms with Gasteiger partial charge in [-0.05, 0) is 12.8 Å². The van der Waals surface area contributed by atoms with Gasteiger partial charge in [0.25, 0.3) is 0 Å². The van der Waals surface area contributed by atoms with Gasteiger partial charge in [0.1, 0.15) is 17.4 Å². The molecular formula is C13H19N5O. The molecule has 3 heterocycles. The number of rotatable bonds is 5. The van der Waals surface area contributed by atoms with Crippen LogP contribution in [-0.2, 0) is 32.5 Å². The molecule has 0 aromatic carbocycles. The van der Waals surface area contributed by atoms with E-state index in [1.165, 1.54) is 12.8 Å². The van der Waals surface area contributed by atoms with Crippen LogP contribution >= 0.6 is 0 Å². The highest BCUT2D eigenvalue weighted by atomic mass is 16.4. The van der Waals surface area contributed by atoms with Crippen LogP contribution in [0.1, 0.15) is 43.1 Å². The van der Waals surface area contributed by atoms with Crippen molar-refractivity contribution in [1.82, 2.24) is 25.1 Å². The molecule has 1 aliphatic heterocycles. The van der Waals surface area contributed by atoms with Gasteiger partial charge in [-0.15, -0.1) is 10.2 Å². The summed E-state index contributed by atoms with van der Waals surface area (Å²) in [5.74, 6) is 3.79. The van der Waals surface area contributed by atoms with E-state index in [1.54, 1.807) is 6.20 Å². The van der Waals surface area contributed by atoms with Crippen molar-refractivity contribution in [2.45, 2.75) is 52.2 Å². The zero-order valence-corrected chi connectivity index (χ0v) is 11.2. The summed E-state index contributed by atoms with van der Waals surface area (Å²) in [6.45, 7) is 4.43. The van der Waals surface area contributed by atoms with Crippen LogP contribution in [0.15, 0.2) is 10.6 Å². The maximum Gasteiger partial charge on any atom is 0.208 e. The molecule has 19 heavy (non-hydrogen) atoms. The molecule has 0 radical (unpaired) electrons. The molecule has 0 unspecified atom stereocenters. The number of nitrogens with one attached hydrogen (secondary N) is 1. The van der Waals surface area contributed by atoms with Crippen LogP contribution in [-0.4, -0.2) is 19.7 Å². The second kappa shape index (κ2) is 5.52. The normalized spacial score (nSPS) is 14.6. The predicted octanol–water partition coefficient (Wildman–Crippen LogP) is 1.45. The summed E-state index contributed by atoms with van der Waals surface area (Å²) in [6.07, 6.45) is 6.16. The van der Waals surface area contributed by atoms with Gasteiger partial charge < -0.3 is 14.3 Å². The number of aryl methyl sites for hydroxylation is 2. The molecule has 6 nitrogen and oxygen atoms in total. The van der Waals surface area contributed by atoms with E-state index in [0.717, 1.165) is 42.7 Å². The molecule has 6 heteroatoms. The quantitative estimate of drug-likeness (QED) is 0.882. The molecule has 2 aromatic heterocycles. The Hall–Kier alpha value is -1.69. The van der Waals surface area contributed by atoms with E-state index in [9.17, 15) is 0 Å². The van der Waals surface area contributed by atoms with E-state index in [0.29, 0.717) is 13.1 Å². The fourth-order valence-electron chi connectivity index (χ4n) is 2.37. The van der Waals surface area contributed by atoms with E-state index in [1.807, 2.05) is 0 Å². The van der Waals surface area contributed by atoms with E-state index in [4.69, 9.17) is 4.42 Å². The van der Waals surface area contributed by atoms with Crippen molar-refractivity contribution in [3.8, 4) is 0 Å². The minimum Gasteiger partial charge on any atom is -0.444 e. The number of nitrogens with zero attached hydrogens (tertiary/aromatic N) is 4. The SMILES string of the molecule is CCc1cnc(CNCc2nnc3n2CCCC3)o1. The van der Waals surface area contributed by atoms with E-state index >= 15 is 0 Å². The Labute approximate surface area is 112 Å². The van der Waals surface area contributed by atoms with Gasteiger partial charge in [0.05, 0.1) is 19.3 Å². The van der Waals surface area contributed by atoms with E-state index in [-0.39, 0.29) is 0 Å². The first-order chi connectivity index (χ1) is 9.36. The van der Waals surface area contributed by atoms with Crippen LogP contribution in [0.3, 0.4) is 0 Å². The summed E-state index contributed by atoms with van der Waals surface area (Å²) < 4.78 is 7.77. The van der Waals surface area contributed by atoms with E-state index in [2.05, 4.69) is 32.0 Å². The molecule has 0 saturated heterocycles. The molecule has 0 aliphatic carbocycles. The monoisotopic (exact) mass is 261 g/mol. The third kappa shape index (κ3) is 2.68. The molecule has 3 rings (SSSR count). The summed E-state index contributed by atoms with van der Waals surface area (Å²) >= 11 is 0. The molecule has 0 amide bonds. The maximum atomic E-state index is 5.55. The zero-order valence-electron chi connectivity index (χ0n) is 11.2. The number of hydrogen-bond acceptors (Lipinski definition) is 5. The lowest BCUT2D eigenvalue weighted by Crippen LogP contribution is -2.19. The highest BCUT2D eigenvalue weighted by molar-refractivity contribution is 4.99. The third-order valence-corrected chi connectivity index (χ3v) is 3.45. The fraction of sp³-hybridized carbons (Fsp3) is 0.615. The van der Waals surface area contributed by atoms with E-state index < -0.39 is 0 Å². The molecule has 0 spiro atoms. The highest BCUT2D eigenvalue weighted by Gasteiger charge is 2.15. The summed E-state index contributed by atoms with van der Waals surface area (Å²) in [5, 5.41) is 11.8.